The number of nitrogens with zero attached hydrogens (tertiary/aromatic N) is 1. The fraction of sp³-hybridized carbons (Fsp3) is 0.312. The fourth-order valence-corrected chi connectivity index (χ4v) is 3.06. The lowest BCUT2D eigenvalue weighted by Crippen LogP contribution is -2.21. The first kappa shape index (κ1) is 15.5. The molecule has 4 heteroatoms. The zero-order valence-corrected chi connectivity index (χ0v) is 14.0. The highest BCUT2D eigenvalue weighted by Crippen LogP contribution is 2.26. The van der Waals surface area contributed by atoms with Gasteiger partial charge in [0.25, 0.3) is 0 Å². The second-order valence-electron chi connectivity index (χ2n) is 4.68. The summed E-state index contributed by atoms with van der Waals surface area (Å²) in [5, 5.41) is 4.14. The van der Waals surface area contributed by atoms with Gasteiger partial charge in [0.1, 0.15) is 0 Å². The third-order valence-corrected chi connectivity index (χ3v) is 4.27. The zero-order chi connectivity index (χ0) is 14.5. The molecular weight excluding hydrogens is 336 g/mol. The molecule has 2 nitrogen and oxygen atoms in total. The second kappa shape index (κ2) is 7.21. The van der Waals surface area contributed by atoms with E-state index in [1.54, 1.807) is 0 Å². The highest BCUT2D eigenvalue weighted by Gasteiger charge is 2.16. The molecule has 1 unspecified atom stereocenters. The molecule has 0 saturated carbocycles. The van der Waals surface area contributed by atoms with Crippen molar-refractivity contribution >= 4 is 27.5 Å². The van der Waals surface area contributed by atoms with Gasteiger partial charge in [-0.1, -0.05) is 46.6 Å². The summed E-state index contributed by atoms with van der Waals surface area (Å²) in [6.45, 7) is 2.15. The van der Waals surface area contributed by atoms with E-state index in [0.29, 0.717) is 0 Å². The predicted molar refractivity (Wildman–Crippen MR) is 88.3 cm³/mol. The summed E-state index contributed by atoms with van der Waals surface area (Å²) in [5.74, 6) is 0. The number of pyridine rings is 1. The summed E-state index contributed by atoms with van der Waals surface area (Å²) in [7, 11) is 1.96. The number of aromatic nitrogens is 1. The van der Waals surface area contributed by atoms with Gasteiger partial charge < -0.3 is 5.32 Å². The Kier molecular flexibility index (Phi) is 5.58. The Morgan fingerprint density at radius 2 is 2.10 bits per heavy atom. The first-order valence-corrected chi connectivity index (χ1v) is 7.87. The molecule has 0 radical (unpaired) electrons. The number of hydrogen-bond acceptors (Lipinski definition) is 2. The van der Waals surface area contributed by atoms with E-state index in [0.717, 1.165) is 33.6 Å². The maximum absolute atomic E-state index is 6.31. The molecule has 2 aromatic rings. The van der Waals surface area contributed by atoms with Gasteiger partial charge in [0.15, 0.2) is 0 Å². The van der Waals surface area contributed by atoms with Crippen molar-refractivity contribution in [3.63, 3.8) is 0 Å². The molecule has 0 fully saturated rings. The van der Waals surface area contributed by atoms with Gasteiger partial charge in [-0.05, 0) is 49.2 Å². The van der Waals surface area contributed by atoms with Crippen LogP contribution in [0.2, 0.25) is 5.02 Å². The molecule has 0 amide bonds. The SMILES string of the molecule is CCc1cccnc1C(Cc1ccc(Br)cc1Cl)NC. The van der Waals surface area contributed by atoms with Crippen molar-refractivity contribution in [2.45, 2.75) is 25.8 Å². The molecule has 0 saturated heterocycles. The molecular formula is C16H18BrClN2. The standard InChI is InChI=1S/C16H18BrClN2/c1-3-11-5-4-8-20-16(11)15(19-2)9-12-6-7-13(17)10-14(12)18/h4-8,10,15,19H,3,9H2,1-2H3. The number of rotatable bonds is 5. The molecule has 0 aliphatic heterocycles. The molecule has 1 aromatic carbocycles. The van der Waals surface area contributed by atoms with Crippen LogP contribution in [0.5, 0.6) is 0 Å². The number of hydrogen-bond donors (Lipinski definition) is 1. The third-order valence-electron chi connectivity index (χ3n) is 3.42. The van der Waals surface area contributed by atoms with Gasteiger partial charge in [-0.25, -0.2) is 0 Å². The number of benzene rings is 1. The first-order chi connectivity index (χ1) is 9.65. The summed E-state index contributed by atoms with van der Waals surface area (Å²) in [6.07, 6.45) is 3.66. The van der Waals surface area contributed by atoms with Gasteiger partial charge in [0.05, 0.1) is 11.7 Å². The van der Waals surface area contributed by atoms with E-state index in [2.05, 4.69) is 45.3 Å². The van der Waals surface area contributed by atoms with Crippen molar-refractivity contribution in [3.8, 4) is 0 Å². The van der Waals surface area contributed by atoms with Crippen molar-refractivity contribution < 1.29 is 0 Å². The van der Waals surface area contributed by atoms with Crippen molar-refractivity contribution in [2.75, 3.05) is 7.05 Å². The quantitative estimate of drug-likeness (QED) is 0.852. The van der Waals surface area contributed by atoms with Crippen molar-refractivity contribution in [1.82, 2.24) is 10.3 Å². The lowest BCUT2D eigenvalue weighted by molar-refractivity contribution is 0.570. The maximum Gasteiger partial charge on any atom is 0.0608 e. The highest BCUT2D eigenvalue weighted by atomic mass is 79.9. The van der Waals surface area contributed by atoms with E-state index in [4.69, 9.17) is 11.6 Å². The van der Waals surface area contributed by atoms with E-state index in [9.17, 15) is 0 Å². The molecule has 0 bridgehead atoms. The maximum atomic E-state index is 6.31. The molecule has 0 aliphatic rings. The Bertz CT molecular complexity index is 586. The smallest absolute Gasteiger partial charge is 0.0608 e. The molecule has 106 valence electrons. The predicted octanol–water partition coefficient (Wildman–Crippen LogP) is 4.56. The molecule has 0 aliphatic carbocycles. The molecule has 0 spiro atoms. The molecule has 1 aromatic heterocycles. The van der Waals surface area contributed by atoms with Crippen molar-refractivity contribution in [3.05, 3.63) is 62.8 Å². The summed E-state index contributed by atoms with van der Waals surface area (Å²) < 4.78 is 0.999. The van der Waals surface area contributed by atoms with Crippen LogP contribution in [-0.4, -0.2) is 12.0 Å². The number of nitrogens with one attached hydrogen (secondary N) is 1. The van der Waals surface area contributed by atoms with Crippen LogP contribution in [0.25, 0.3) is 0 Å². The van der Waals surface area contributed by atoms with Crippen LogP contribution in [0.4, 0.5) is 0 Å². The molecule has 1 atom stereocenters. The lowest BCUT2D eigenvalue weighted by atomic mass is 9.98. The largest absolute Gasteiger partial charge is 0.311 e. The number of halogens is 2. The third kappa shape index (κ3) is 3.60. The Morgan fingerprint density at radius 1 is 1.30 bits per heavy atom. The van der Waals surface area contributed by atoms with Gasteiger partial charge in [0, 0.05) is 15.7 Å². The minimum atomic E-state index is 0.171. The van der Waals surface area contributed by atoms with Crippen LogP contribution in [0.3, 0.4) is 0 Å². The van der Waals surface area contributed by atoms with Crippen LogP contribution >= 0.6 is 27.5 Å². The number of aryl methyl sites for hydroxylation is 1. The first-order valence-electron chi connectivity index (χ1n) is 6.70. The summed E-state index contributed by atoms with van der Waals surface area (Å²) in [5.41, 5.74) is 3.51. The van der Waals surface area contributed by atoms with Crippen molar-refractivity contribution in [1.29, 1.82) is 0 Å². The molecule has 2 rings (SSSR count). The zero-order valence-electron chi connectivity index (χ0n) is 11.7. The summed E-state index contributed by atoms with van der Waals surface area (Å²) in [4.78, 5) is 4.55. The lowest BCUT2D eigenvalue weighted by Gasteiger charge is -2.19. The van der Waals surface area contributed by atoms with E-state index in [-0.39, 0.29) is 6.04 Å². The van der Waals surface area contributed by atoms with Gasteiger partial charge in [-0.3, -0.25) is 4.98 Å². The Hall–Kier alpha value is -0.900. The van der Waals surface area contributed by atoms with Crippen LogP contribution in [-0.2, 0) is 12.8 Å². The van der Waals surface area contributed by atoms with Crippen LogP contribution in [0.1, 0.15) is 29.8 Å². The minimum absolute atomic E-state index is 0.171. The monoisotopic (exact) mass is 352 g/mol. The highest BCUT2D eigenvalue weighted by molar-refractivity contribution is 9.10. The Morgan fingerprint density at radius 3 is 2.75 bits per heavy atom. The van der Waals surface area contributed by atoms with Crippen LogP contribution in [0.15, 0.2) is 41.0 Å². The Labute approximate surface area is 133 Å². The fourth-order valence-electron chi connectivity index (χ4n) is 2.31. The van der Waals surface area contributed by atoms with E-state index in [1.807, 2.05) is 31.4 Å². The van der Waals surface area contributed by atoms with Crippen LogP contribution in [0, 0.1) is 0 Å². The molecule has 1 heterocycles. The van der Waals surface area contributed by atoms with Gasteiger partial charge in [0.2, 0.25) is 0 Å². The van der Waals surface area contributed by atoms with Gasteiger partial charge >= 0.3 is 0 Å². The Balaban J connectivity index is 2.29. The van der Waals surface area contributed by atoms with Crippen LogP contribution < -0.4 is 5.32 Å². The summed E-state index contributed by atoms with van der Waals surface area (Å²) >= 11 is 9.75. The van der Waals surface area contributed by atoms with E-state index < -0.39 is 0 Å². The normalized spacial score (nSPS) is 12.4. The van der Waals surface area contributed by atoms with E-state index in [1.165, 1.54) is 5.56 Å². The van der Waals surface area contributed by atoms with Crippen molar-refractivity contribution in [2.24, 2.45) is 0 Å². The average Bonchev–Trinajstić information content (AvgIpc) is 2.46. The number of likely N-dealkylation sites (N-methyl/N-ethyl adjacent to an activating group) is 1. The molecule has 1 N–H and O–H groups in total. The van der Waals surface area contributed by atoms with E-state index >= 15 is 0 Å². The van der Waals surface area contributed by atoms with Gasteiger partial charge in [-0.2, -0.15) is 0 Å². The molecule has 20 heavy (non-hydrogen) atoms. The average molecular weight is 354 g/mol. The minimum Gasteiger partial charge on any atom is -0.311 e. The summed E-state index contributed by atoms with van der Waals surface area (Å²) in [6, 6.07) is 10.3. The topological polar surface area (TPSA) is 24.9 Å². The van der Waals surface area contributed by atoms with Gasteiger partial charge in [-0.15, -0.1) is 0 Å². The second-order valence-corrected chi connectivity index (χ2v) is 6.01.